The second kappa shape index (κ2) is 10.1. The van der Waals surface area contributed by atoms with E-state index in [1.807, 2.05) is 28.8 Å². The number of nitrogens with two attached hydrogens (primary N) is 1. The molecule has 2 heterocycles. The zero-order chi connectivity index (χ0) is 25.0. The number of nitrogen functional groups attached to an aromatic ring is 1. The lowest BCUT2D eigenvalue weighted by Gasteiger charge is -2.10. The quantitative estimate of drug-likeness (QED) is 0.227. The number of anilines is 1. The summed E-state index contributed by atoms with van der Waals surface area (Å²) in [5, 5.41) is 0.932. The molecule has 2 aromatic carbocycles. The molecule has 182 valence electrons. The number of aryl methyl sites for hydroxylation is 1. The number of para-hydroxylation sites is 1. The first-order chi connectivity index (χ1) is 16.8. The molecule has 0 atom stereocenters. The predicted octanol–water partition coefficient (Wildman–Crippen LogP) is 4.06. The fourth-order valence-electron chi connectivity index (χ4n) is 3.74. The number of carbonyl (C=O) groups is 2. The maximum Gasteiger partial charge on any atom is 0.491 e. The van der Waals surface area contributed by atoms with Gasteiger partial charge in [-0.25, -0.2) is 19.6 Å². The molecule has 0 fully saturated rings. The highest BCUT2D eigenvalue weighted by atomic mass is 19.4. The van der Waals surface area contributed by atoms with Crippen LogP contribution in [0.25, 0.3) is 21.9 Å². The third-order valence-electron chi connectivity index (χ3n) is 5.35. The number of carbonyl (C=O) groups excluding carboxylic acids is 2. The zero-order valence-corrected chi connectivity index (χ0v) is 18.4. The number of benzene rings is 2. The van der Waals surface area contributed by atoms with Crippen LogP contribution in [0.3, 0.4) is 0 Å². The summed E-state index contributed by atoms with van der Waals surface area (Å²) >= 11 is 0. The summed E-state index contributed by atoms with van der Waals surface area (Å²) in [4.78, 5) is 31.7. The van der Waals surface area contributed by atoms with Crippen LogP contribution in [0.15, 0.2) is 54.9 Å². The van der Waals surface area contributed by atoms with E-state index in [4.69, 9.17) is 10.5 Å². The summed E-state index contributed by atoms with van der Waals surface area (Å²) in [7, 11) is 0. The molecular formula is C24H21F3N4O4. The highest BCUT2D eigenvalue weighted by molar-refractivity contribution is 6.06. The summed E-state index contributed by atoms with van der Waals surface area (Å²) in [5.41, 5.74) is 8.68. The van der Waals surface area contributed by atoms with Gasteiger partial charge in [0.1, 0.15) is 5.52 Å². The Morgan fingerprint density at radius 2 is 1.77 bits per heavy atom. The smallest absolute Gasteiger partial charge is 0.383 e. The highest BCUT2D eigenvalue weighted by Gasteiger charge is 2.42. The maximum absolute atomic E-state index is 12.4. The molecule has 0 amide bonds. The van der Waals surface area contributed by atoms with E-state index in [-0.39, 0.29) is 5.56 Å². The van der Waals surface area contributed by atoms with Crippen molar-refractivity contribution in [1.82, 2.24) is 14.5 Å². The minimum atomic E-state index is -5.24. The molecule has 0 spiro atoms. The average Bonchev–Trinajstić information content (AvgIpc) is 3.26. The Bertz CT molecular complexity index is 1380. The first kappa shape index (κ1) is 24.1. The summed E-state index contributed by atoms with van der Waals surface area (Å²) in [6.45, 7) is 1.25. The minimum Gasteiger partial charge on any atom is -0.383 e. The summed E-state index contributed by atoms with van der Waals surface area (Å²) < 4.78 is 48.7. The number of nitrogens with zero attached hydrogens (tertiary/aromatic N) is 3. The van der Waals surface area contributed by atoms with Crippen LogP contribution in [-0.2, 0) is 27.2 Å². The minimum absolute atomic E-state index is 0.0898. The summed E-state index contributed by atoms with van der Waals surface area (Å²) in [5.74, 6) is -3.53. The van der Waals surface area contributed by atoms with E-state index in [9.17, 15) is 22.8 Å². The Morgan fingerprint density at radius 1 is 1.03 bits per heavy atom. The van der Waals surface area contributed by atoms with Gasteiger partial charge >= 0.3 is 18.1 Å². The van der Waals surface area contributed by atoms with Gasteiger partial charge in [0.2, 0.25) is 0 Å². The number of alkyl halides is 3. The largest absolute Gasteiger partial charge is 0.491 e. The van der Waals surface area contributed by atoms with Crippen LogP contribution in [-0.4, -0.2) is 45.9 Å². The van der Waals surface area contributed by atoms with E-state index in [1.54, 1.807) is 18.5 Å². The Hall–Kier alpha value is -3.99. The van der Waals surface area contributed by atoms with Gasteiger partial charge in [-0.2, -0.15) is 13.2 Å². The summed E-state index contributed by atoms with van der Waals surface area (Å²) in [6.07, 6.45) is -2.70. The van der Waals surface area contributed by atoms with Crippen LogP contribution >= 0.6 is 0 Å². The number of hydrogen-bond acceptors (Lipinski definition) is 7. The molecule has 0 saturated heterocycles. The molecule has 0 unspecified atom stereocenters. The fraction of sp³-hybridized carbons (Fsp3) is 0.250. The Kier molecular flexibility index (Phi) is 6.97. The van der Waals surface area contributed by atoms with Gasteiger partial charge in [-0.15, -0.1) is 0 Å². The average molecular weight is 486 g/mol. The standard InChI is InChI=1S/C24H21F3N4O4/c25-24(26,27)23(33)35-22(32)16-8-2-1-6-15(16)7-5-12-34-13-11-31-14-29-19-20(31)17-9-3-4-10-18(17)30-21(19)28/h1-4,6,8-10,14H,5,7,11-13H2,(H2,28,30). The first-order valence-corrected chi connectivity index (χ1v) is 10.7. The van der Waals surface area contributed by atoms with Crippen molar-refractivity contribution in [2.75, 3.05) is 18.9 Å². The van der Waals surface area contributed by atoms with E-state index in [2.05, 4.69) is 14.7 Å². The van der Waals surface area contributed by atoms with Crippen LogP contribution in [0.4, 0.5) is 19.0 Å². The van der Waals surface area contributed by atoms with Crippen molar-refractivity contribution in [3.63, 3.8) is 0 Å². The molecule has 0 saturated carbocycles. The lowest BCUT2D eigenvalue weighted by Crippen LogP contribution is -2.28. The number of ether oxygens (including phenoxy) is 2. The molecule has 8 nitrogen and oxygen atoms in total. The van der Waals surface area contributed by atoms with Gasteiger partial charge in [0.05, 0.1) is 29.5 Å². The number of fused-ring (bicyclic) bond motifs is 3. The monoisotopic (exact) mass is 486 g/mol. The Balaban J connectivity index is 1.32. The third-order valence-corrected chi connectivity index (χ3v) is 5.35. The molecule has 0 aliphatic carbocycles. The SMILES string of the molecule is Nc1nc2ccccc2c2c1ncn2CCOCCCc1ccccc1C(=O)OC(=O)C(F)(F)F. The molecule has 35 heavy (non-hydrogen) atoms. The third kappa shape index (κ3) is 5.40. The number of aromatic nitrogens is 3. The second-order valence-electron chi connectivity index (χ2n) is 7.70. The highest BCUT2D eigenvalue weighted by Crippen LogP contribution is 2.27. The second-order valence-corrected chi connectivity index (χ2v) is 7.70. The van der Waals surface area contributed by atoms with Gasteiger partial charge in [0, 0.05) is 18.5 Å². The van der Waals surface area contributed by atoms with E-state index in [0.29, 0.717) is 49.5 Å². The van der Waals surface area contributed by atoms with Gasteiger partial charge in [0.15, 0.2) is 5.82 Å². The van der Waals surface area contributed by atoms with Gasteiger partial charge in [-0.05, 0) is 30.5 Å². The van der Waals surface area contributed by atoms with Crippen LogP contribution in [0.5, 0.6) is 0 Å². The molecule has 4 aromatic rings. The molecule has 2 aromatic heterocycles. The fourth-order valence-corrected chi connectivity index (χ4v) is 3.74. The molecule has 0 aliphatic heterocycles. The normalized spacial score (nSPS) is 11.7. The lowest BCUT2D eigenvalue weighted by atomic mass is 10.0. The van der Waals surface area contributed by atoms with Crippen LogP contribution in [0.1, 0.15) is 22.3 Å². The van der Waals surface area contributed by atoms with Crippen LogP contribution in [0, 0.1) is 0 Å². The van der Waals surface area contributed by atoms with E-state index >= 15 is 0 Å². The number of rotatable bonds is 8. The first-order valence-electron chi connectivity index (χ1n) is 10.7. The van der Waals surface area contributed by atoms with E-state index in [0.717, 1.165) is 16.4 Å². The zero-order valence-electron chi connectivity index (χ0n) is 18.4. The van der Waals surface area contributed by atoms with Crippen LogP contribution < -0.4 is 5.73 Å². The number of hydrogen-bond donors (Lipinski definition) is 1. The predicted molar refractivity (Wildman–Crippen MR) is 122 cm³/mol. The topological polar surface area (TPSA) is 109 Å². The Morgan fingerprint density at radius 3 is 2.57 bits per heavy atom. The maximum atomic E-state index is 12.4. The molecule has 0 radical (unpaired) electrons. The molecule has 0 bridgehead atoms. The molecular weight excluding hydrogens is 465 g/mol. The number of halogens is 3. The van der Waals surface area contributed by atoms with Crippen molar-refractivity contribution in [1.29, 1.82) is 0 Å². The van der Waals surface area contributed by atoms with Gasteiger partial charge < -0.3 is 19.8 Å². The van der Waals surface area contributed by atoms with Crippen molar-refractivity contribution in [3.05, 3.63) is 66.0 Å². The van der Waals surface area contributed by atoms with Crippen molar-refractivity contribution < 1.29 is 32.2 Å². The molecule has 2 N–H and O–H groups in total. The molecule has 0 aliphatic rings. The Labute approximate surface area is 197 Å². The van der Waals surface area contributed by atoms with E-state index < -0.39 is 18.1 Å². The van der Waals surface area contributed by atoms with Crippen molar-refractivity contribution in [3.8, 4) is 0 Å². The lowest BCUT2D eigenvalue weighted by molar-refractivity contribution is -0.193. The molecule has 4 rings (SSSR count). The molecule has 11 heteroatoms. The van der Waals surface area contributed by atoms with Gasteiger partial charge in [0.25, 0.3) is 0 Å². The summed E-state index contributed by atoms with van der Waals surface area (Å²) in [6, 6.07) is 13.7. The van der Waals surface area contributed by atoms with Crippen molar-refractivity contribution in [2.24, 2.45) is 0 Å². The van der Waals surface area contributed by atoms with Gasteiger partial charge in [-0.1, -0.05) is 36.4 Å². The van der Waals surface area contributed by atoms with Gasteiger partial charge in [-0.3, -0.25) is 0 Å². The van der Waals surface area contributed by atoms with Crippen molar-refractivity contribution >= 4 is 39.7 Å². The number of esters is 2. The van der Waals surface area contributed by atoms with Crippen molar-refractivity contribution in [2.45, 2.75) is 25.6 Å². The van der Waals surface area contributed by atoms with E-state index in [1.165, 1.54) is 12.1 Å². The number of imidazole rings is 1. The number of pyridine rings is 1. The van der Waals surface area contributed by atoms with Crippen LogP contribution in [0.2, 0.25) is 0 Å².